The lowest BCUT2D eigenvalue weighted by Crippen LogP contribution is -2.28. The van der Waals surface area contributed by atoms with Crippen molar-refractivity contribution >= 4 is 11.7 Å². The lowest BCUT2D eigenvalue weighted by Gasteiger charge is -2.09. The fourth-order valence-electron chi connectivity index (χ4n) is 1.82. The normalized spacial score (nSPS) is 10.0. The summed E-state index contributed by atoms with van der Waals surface area (Å²) in [5.74, 6) is 0.813. The predicted octanol–water partition coefficient (Wildman–Crippen LogP) is 3.58. The van der Waals surface area contributed by atoms with Gasteiger partial charge >= 0.3 is 6.03 Å². The average molecular weight is 299 g/mol. The van der Waals surface area contributed by atoms with Crippen molar-refractivity contribution in [3.63, 3.8) is 0 Å². The van der Waals surface area contributed by atoms with Crippen molar-refractivity contribution in [2.24, 2.45) is 0 Å². The Morgan fingerprint density at radius 3 is 2.68 bits per heavy atom. The SMILES string of the molecule is CCCCOc1ccc(NC(=O)NCc2ccccn2)cc1. The van der Waals surface area contributed by atoms with Gasteiger partial charge in [0.1, 0.15) is 5.75 Å². The molecule has 2 amide bonds. The van der Waals surface area contributed by atoms with Crippen molar-refractivity contribution in [2.45, 2.75) is 26.3 Å². The summed E-state index contributed by atoms with van der Waals surface area (Å²) < 4.78 is 5.58. The zero-order valence-corrected chi connectivity index (χ0v) is 12.7. The van der Waals surface area contributed by atoms with Crippen molar-refractivity contribution in [1.29, 1.82) is 0 Å². The Balaban J connectivity index is 1.76. The number of nitrogens with zero attached hydrogens (tertiary/aromatic N) is 1. The van der Waals surface area contributed by atoms with Crippen LogP contribution in [0.5, 0.6) is 5.75 Å². The highest BCUT2D eigenvalue weighted by molar-refractivity contribution is 5.89. The molecule has 1 aromatic heterocycles. The van der Waals surface area contributed by atoms with Crippen LogP contribution in [-0.4, -0.2) is 17.6 Å². The fraction of sp³-hybridized carbons (Fsp3) is 0.294. The minimum absolute atomic E-state index is 0.259. The number of benzene rings is 1. The first-order valence-electron chi connectivity index (χ1n) is 7.45. The molecule has 0 unspecified atom stereocenters. The number of amides is 2. The van der Waals surface area contributed by atoms with Crippen molar-refractivity contribution in [2.75, 3.05) is 11.9 Å². The molecule has 0 bridgehead atoms. The largest absolute Gasteiger partial charge is 0.494 e. The van der Waals surface area contributed by atoms with Crippen LogP contribution in [0.1, 0.15) is 25.5 Å². The van der Waals surface area contributed by atoms with E-state index in [9.17, 15) is 4.79 Å². The molecule has 2 aromatic rings. The number of carbonyl (C=O) groups is 1. The van der Waals surface area contributed by atoms with Crippen LogP contribution >= 0.6 is 0 Å². The smallest absolute Gasteiger partial charge is 0.319 e. The van der Waals surface area contributed by atoms with Gasteiger partial charge in [-0.3, -0.25) is 4.98 Å². The van der Waals surface area contributed by atoms with Gasteiger partial charge < -0.3 is 15.4 Å². The molecular formula is C17H21N3O2. The van der Waals surface area contributed by atoms with Crippen LogP contribution in [0.15, 0.2) is 48.7 Å². The topological polar surface area (TPSA) is 63.2 Å². The number of rotatable bonds is 7. The molecule has 0 aliphatic rings. The van der Waals surface area contributed by atoms with Gasteiger partial charge in [0.2, 0.25) is 0 Å². The molecule has 0 aliphatic heterocycles. The first-order chi connectivity index (χ1) is 10.8. The molecule has 0 aliphatic carbocycles. The standard InChI is InChI=1S/C17H21N3O2/c1-2-3-12-22-16-9-7-14(8-10-16)20-17(21)19-13-15-6-4-5-11-18-15/h4-11H,2-3,12-13H2,1H3,(H2,19,20,21). The Bertz CT molecular complexity index is 570. The van der Waals surface area contributed by atoms with Crippen LogP contribution in [0.4, 0.5) is 10.5 Å². The lowest BCUT2D eigenvalue weighted by atomic mass is 10.3. The number of carbonyl (C=O) groups excluding carboxylic acids is 1. The number of anilines is 1. The first kappa shape index (κ1) is 15.8. The van der Waals surface area contributed by atoms with E-state index in [4.69, 9.17) is 4.74 Å². The molecule has 5 nitrogen and oxygen atoms in total. The van der Waals surface area contributed by atoms with Crippen molar-refractivity contribution in [3.8, 4) is 5.75 Å². The van der Waals surface area contributed by atoms with Crippen LogP contribution in [0.2, 0.25) is 0 Å². The van der Waals surface area contributed by atoms with Gasteiger partial charge in [0.05, 0.1) is 18.8 Å². The highest BCUT2D eigenvalue weighted by atomic mass is 16.5. The summed E-state index contributed by atoms with van der Waals surface area (Å²) >= 11 is 0. The van der Waals surface area contributed by atoms with E-state index in [0.717, 1.165) is 30.0 Å². The van der Waals surface area contributed by atoms with Gasteiger partial charge in [0, 0.05) is 11.9 Å². The molecule has 22 heavy (non-hydrogen) atoms. The second kappa shape index (κ2) is 8.67. The Labute approximate surface area is 130 Å². The summed E-state index contributed by atoms with van der Waals surface area (Å²) in [7, 11) is 0. The van der Waals surface area contributed by atoms with Gasteiger partial charge in [-0.25, -0.2) is 4.79 Å². The number of nitrogens with one attached hydrogen (secondary N) is 2. The number of urea groups is 1. The van der Waals surface area contributed by atoms with E-state index in [0.29, 0.717) is 13.2 Å². The highest BCUT2D eigenvalue weighted by Crippen LogP contribution is 2.15. The molecule has 0 saturated heterocycles. The van der Waals surface area contributed by atoms with Gasteiger partial charge in [-0.1, -0.05) is 19.4 Å². The number of hydrogen-bond donors (Lipinski definition) is 2. The third-order valence-corrected chi connectivity index (χ3v) is 3.04. The van der Waals surface area contributed by atoms with Gasteiger partial charge in [-0.05, 0) is 42.8 Å². The third-order valence-electron chi connectivity index (χ3n) is 3.04. The second-order valence-corrected chi connectivity index (χ2v) is 4.86. The van der Waals surface area contributed by atoms with E-state index in [1.165, 1.54) is 0 Å². The molecule has 5 heteroatoms. The van der Waals surface area contributed by atoms with Crippen molar-refractivity contribution in [3.05, 3.63) is 54.4 Å². The number of pyridine rings is 1. The maximum atomic E-state index is 11.8. The zero-order chi connectivity index (χ0) is 15.6. The van der Waals surface area contributed by atoms with Gasteiger partial charge in [0.25, 0.3) is 0 Å². The summed E-state index contributed by atoms with van der Waals surface area (Å²) in [5, 5.41) is 5.53. The lowest BCUT2D eigenvalue weighted by molar-refractivity contribution is 0.251. The quantitative estimate of drug-likeness (QED) is 0.768. The molecule has 2 rings (SSSR count). The van der Waals surface area contributed by atoms with Crippen LogP contribution < -0.4 is 15.4 Å². The Morgan fingerprint density at radius 2 is 2.00 bits per heavy atom. The van der Waals surface area contributed by atoms with Gasteiger partial charge in [-0.2, -0.15) is 0 Å². The van der Waals surface area contributed by atoms with E-state index in [1.807, 2.05) is 42.5 Å². The van der Waals surface area contributed by atoms with E-state index in [-0.39, 0.29) is 6.03 Å². The van der Waals surface area contributed by atoms with E-state index >= 15 is 0 Å². The molecule has 0 radical (unpaired) electrons. The maximum Gasteiger partial charge on any atom is 0.319 e. The summed E-state index contributed by atoms with van der Waals surface area (Å²) in [6.45, 7) is 3.23. The Hall–Kier alpha value is -2.56. The molecule has 0 fully saturated rings. The predicted molar refractivity (Wildman–Crippen MR) is 86.9 cm³/mol. The summed E-state index contributed by atoms with van der Waals surface area (Å²) in [6.07, 6.45) is 3.85. The second-order valence-electron chi connectivity index (χ2n) is 4.86. The molecule has 1 heterocycles. The Morgan fingerprint density at radius 1 is 1.18 bits per heavy atom. The van der Waals surface area contributed by atoms with E-state index in [1.54, 1.807) is 6.20 Å². The third kappa shape index (κ3) is 5.44. The number of unbranched alkanes of at least 4 members (excludes halogenated alkanes) is 1. The van der Waals surface area contributed by atoms with Gasteiger partial charge in [0.15, 0.2) is 0 Å². The van der Waals surface area contributed by atoms with E-state index < -0.39 is 0 Å². The fourth-order valence-corrected chi connectivity index (χ4v) is 1.82. The van der Waals surface area contributed by atoms with E-state index in [2.05, 4.69) is 22.5 Å². The monoisotopic (exact) mass is 299 g/mol. The number of hydrogen-bond acceptors (Lipinski definition) is 3. The van der Waals surface area contributed by atoms with Crippen LogP contribution in [0, 0.1) is 0 Å². The minimum atomic E-state index is -0.259. The zero-order valence-electron chi connectivity index (χ0n) is 12.7. The first-order valence-corrected chi connectivity index (χ1v) is 7.45. The van der Waals surface area contributed by atoms with Crippen molar-refractivity contribution in [1.82, 2.24) is 10.3 Å². The average Bonchev–Trinajstić information content (AvgIpc) is 2.56. The number of ether oxygens (including phenoxy) is 1. The van der Waals surface area contributed by atoms with Crippen molar-refractivity contribution < 1.29 is 9.53 Å². The minimum Gasteiger partial charge on any atom is -0.494 e. The maximum absolute atomic E-state index is 11.8. The summed E-state index contributed by atoms with van der Waals surface area (Å²) in [5.41, 5.74) is 1.54. The molecule has 1 aromatic carbocycles. The molecule has 0 saturated carbocycles. The van der Waals surface area contributed by atoms with Crippen LogP contribution in [0.25, 0.3) is 0 Å². The van der Waals surface area contributed by atoms with Crippen LogP contribution in [-0.2, 0) is 6.54 Å². The van der Waals surface area contributed by atoms with Gasteiger partial charge in [-0.15, -0.1) is 0 Å². The highest BCUT2D eigenvalue weighted by Gasteiger charge is 2.02. The molecule has 0 atom stereocenters. The Kier molecular flexibility index (Phi) is 6.23. The molecule has 0 spiro atoms. The molecule has 2 N–H and O–H groups in total. The summed E-state index contributed by atoms with van der Waals surface area (Å²) in [6, 6.07) is 12.7. The van der Waals surface area contributed by atoms with Crippen LogP contribution in [0.3, 0.4) is 0 Å². The molecule has 116 valence electrons. The summed E-state index contributed by atoms with van der Waals surface area (Å²) in [4.78, 5) is 15.9. The molecular weight excluding hydrogens is 278 g/mol. The number of aromatic nitrogens is 1.